The Labute approximate surface area is 268 Å². The van der Waals surface area contributed by atoms with Gasteiger partial charge in [0.2, 0.25) is 0 Å². The molecule has 11 heteroatoms. The lowest BCUT2D eigenvalue weighted by Crippen LogP contribution is -2.29. The fraction of sp³-hybridized carbons (Fsp3) is 0.171. The van der Waals surface area contributed by atoms with Gasteiger partial charge in [-0.2, -0.15) is 0 Å². The number of imidazole rings is 1. The summed E-state index contributed by atoms with van der Waals surface area (Å²) in [5.41, 5.74) is 4.00. The zero-order chi connectivity index (χ0) is 32.5. The molecule has 0 spiro atoms. The van der Waals surface area contributed by atoms with Gasteiger partial charge in [-0.3, -0.25) is 14.5 Å². The number of aromatic nitrogens is 3. The number of ketones is 1. The molecule has 1 aliphatic heterocycles. The van der Waals surface area contributed by atoms with E-state index in [1.807, 2.05) is 60.0 Å². The van der Waals surface area contributed by atoms with Crippen molar-refractivity contribution in [3.05, 3.63) is 130 Å². The number of hydrogen-bond donors (Lipinski definition) is 1. The Morgan fingerprint density at radius 1 is 1.02 bits per heavy atom. The topological polar surface area (TPSA) is 123 Å². The molecule has 1 saturated heterocycles. The number of benzene rings is 2. The van der Waals surface area contributed by atoms with Crippen LogP contribution in [0.1, 0.15) is 49.5 Å². The number of aliphatic hydroxyl groups excluding tert-OH is 1. The van der Waals surface area contributed by atoms with Gasteiger partial charge in [0.15, 0.2) is 10.9 Å². The van der Waals surface area contributed by atoms with E-state index in [0.717, 1.165) is 22.5 Å². The third kappa shape index (κ3) is 5.45. The first-order valence-electron chi connectivity index (χ1n) is 14.5. The molecule has 1 fully saturated rings. The summed E-state index contributed by atoms with van der Waals surface area (Å²) in [6, 6.07) is 19.4. The Balaban J connectivity index is 1.46. The highest BCUT2D eigenvalue weighted by molar-refractivity contribution is 7.17. The van der Waals surface area contributed by atoms with Gasteiger partial charge in [-0.25, -0.2) is 14.8 Å². The molecule has 0 saturated carbocycles. The number of rotatable bonds is 9. The fourth-order valence-corrected chi connectivity index (χ4v) is 6.37. The minimum atomic E-state index is -1.07. The number of carbonyl (C=O) groups is 3. The van der Waals surface area contributed by atoms with Gasteiger partial charge < -0.3 is 19.0 Å². The van der Waals surface area contributed by atoms with E-state index in [1.165, 1.54) is 11.0 Å². The van der Waals surface area contributed by atoms with Crippen molar-refractivity contribution in [2.45, 2.75) is 33.4 Å². The molecule has 46 heavy (non-hydrogen) atoms. The highest BCUT2D eigenvalue weighted by Gasteiger charge is 2.49. The molecule has 1 amide bonds. The number of anilines is 1. The van der Waals surface area contributed by atoms with E-state index in [1.54, 1.807) is 38.1 Å². The number of thiazole rings is 1. The number of aliphatic hydroxyl groups is 1. The number of pyridine rings is 1. The average Bonchev–Trinajstić information content (AvgIpc) is 3.70. The smallest absolute Gasteiger partial charge is 0.350 e. The summed E-state index contributed by atoms with van der Waals surface area (Å²) in [7, 11) is 0. The summed E-state index contributed by atoms with van der Waals surface area (Å²) in [6.07, 6.45) is 3.26. The van der Waals surface area contributed by atoms with Crippen LogP contribution in [0.5, 0.6) is 5.75 Å². The summed E-state index contributed by atoms with van der Waals surface area (Å²) >= 11 is 0.931. The van der Waals surface area contributed by atoms with Crippen molar-refractivity contribution in [1.29, 1.82) is 0 Å². The van der Waals surface area contributed by atoms with Crippen molar-refractivity contribution in [2.24, 2.45) is 0 Å². The van der Waals surface area contributed by atoms with Gasteiger partial charge in [0.05, 0.1) is 23.0 Å². The number of hydrogen-bond acceptors (Lipinski definition) is 9. The lowest BCUT2D eigenvalue weighted by molar-refractivity contribution is -0.132. The molecule has 1 atom stereocenters. The molecule has 6 rings (SSSR count). The minimum Gasteiger partial charge on any atom is -0.505 e. The molecule has 10 nitrogen and oxygen atoms in total. The van der Waals surface area contributed by atoms with Crippen LogP contribution in [0.15, 0.2) is 91.2 Å². The monoisotopic (exact) mass is 634 g/mol. The summed E-state index contributed by atoms with van der Waals surface area (Å²) in [6.45, 7) is 9.23. The first kappa shape index (κ1) is 30.5. The average molecular weight is 635 g/mol. The van der Waals surface area contributed by atoms with Crippen LogP contribution in [0.2, 0.25) is 0 Å². The Kier molecular flexibility index (Phi) is 8.25. The van der Waals surface area contributed by atoms with Crippen LogP contribution in [0, 0.1) is 20.8 Å². The lowest BCUT2D eigenvalue weighted by Gasteiger charge is -2.23. The van der Waals surface area contributed by atoms with Gasteiger partial charge in [0.25, 0.3) is 5.78 Å². The number of ether oxygens (including phenoxy) is 2. The van der Waals surface area contributed by atoms with Crippen LogP contribution < -0.4 is 9.64 Å². The molecule has 0 radical (unpaired) electrons. The van der Waals surface area contributed by atoms with Gasteiger partial charge in [0, 0.05) is 6.20 Å². The summed E-state index contributed by atoms with van der Waals surface area (Å²) in [4.78, 5) is 50.8. The van der Waals surface area contributed by atoms with Crippen molar-refractivity contribution >= 4 is 45.5 Å². The number of Topliss-reactive ketones (excluding diaryl/α,β-unsaturated/α-hetero) is 1. The number of nitrogens with zero attached hydrogens (tertiary/aromatic N) is 4. The molecule has 232 valence electrons. The first-order chi connectivity index (χ1) is 22.2. The molecule has 1 unspecified atom stereocenters. The van der Waals surface area contributed by atoms with Gasteiger partial charge in [-0.15, -0.1) is 0 Å². The van der Waals surface area contributed by atoms with Crippen LogP contribution in [0.4, 0.5) is 5.13 Å². The summed E-state index contributed by atoms with van der Waals surface area (Å²) in [5.74, 6) is -2.25. The van der Waals surface area contributed by atoms with Crippen LogP contribution in [-0.2, 0) is 20.9 Å². The normalized spacial score (nSPS) is 15.8. The largest absolute Gasteiger partial charge is 0.505 e. The van der Waals surface area contributed by atoms with E-state index in [9.17, 15) is 19.5 Å². The van der Waals surface area contributed by atoms with Crippen molar-refractivity contribution < 1.29 is 29.0 Å². The van der Waals surface area contributed by atoms with Gasteiger partial charge >= 0.3 is 11.9 Å². The van der Waals surface area contributed by atoms with E-state index < -0.39 is 29.5 Å². The molecule has 4 heterocycles. The summed E-state index contributed by atoms with van der Waals surface area (Å²) in [5, 5.41) is 11.9. The van der Waals surface area contributed by atoms with Crippen LogP contribution in [-0.4, -0.2) is 43.7 Å². The number of aryl methyl sites for hydroxylation is 3. The molecule has 2 aromatic carbocycles. The second-order valence-electron chi connectivity index (χ2n) is 10.7. The van der Waals surface area contributed by atoms with E-state index in [-0.39, 0.29) is 27.9 Å². The quantitative estimate of drug-likeness (QED) is 0.0662. The molecule has 3 aromatic heterocycles. The predicted octanol–water partition coefficient (Wildman–Crippen LogP) is 6.26. The third-order valence-corrected chi connectivity index (χ3v) is 8.84. The maximum Gasteiger partial charge on any atom is 0.350 e. The van der Waals surface area contributed by atoms with E-state index >= 15 is 0 Å². The standard InChI is InChI=1S/C35H30N4O6S/c1-5-18-44-34(43)31-21(3)36-35(46-31)39-28(24-13-15-25(16-14-24)45-19-23-11-7-6-8-12-23)26(30(41)33(39)42)29(40)27-22(4)38-17-9-10-20(2)32(38)37-27/h5-17,28,40H,1,18-19H2,2-4H3. The predicted molar refractivity (Wildman–Crippen MR) is 174 cm³/mol. The van der Waals surface area contributed by atoms with Crippen LogP contribution >= 0.6 is 11.3 Å². The number of amides is 1. The van der Waals surface area contributed by atoms with Crippen molar-refractivity contribution in [3.63, 3.8) is 0 Å². The molecule has 1 aliphatic rings. The van der Waals surface area contributed by atoms with E-state index in [4.69, 9.17) is 9.47 Å². The Morgan fingerprint density at radius 3 is 2.46 bits per heavy atom. The zero-order valence-electron chi connectivity index (χ0n) is 25.4. The van der Waals surface area contributed by atoms with Gasteiger partial charge in [-0.05, 0) is 55.7 Å². The molecule has 0 bridgehead atoms. The fourth-order valence-electron chi connectivity index (χ4n) is 5.38. The van der Waals surface area contributed by atoms with E-state index in [0.29, 0.717) is 35.0 Å². The molecule has 1 N–H and O–H groups in total. The SMILES string of the molecule is C=CCOC(=O)c1sc(N2C(=O)C(=O)C(=C(O)c3nc4c(C)cccn4c3C)C2c2ccc(OCc3ccccc3)cc2)nc1C. The Bertz CT molecular complexity index is 2030. The molecular weight excluding hydrogens is 604 g/mol. The van der Waals surface area contributed by atoms with E-state index in [2.05, 4.69) is 16.5 Å². The lowest BCUT2D eigenvalue weighted by atomic mass is 9.96. The van der Waals surface area contributed by atoms with Crippen LogP contribution in [0.3, 0.4) is 0 Å². The second-order valence-corrected chi connectivity index (χ2v) is 11.7. The maximum atomic E-state index is 13.8. The highest BCUT2D eigenvalue weighted by atomic mass is 32.1. The minimum absolute atomic E-state index is 0.00650. The van der Waals surface area contributed by atoms with Crippen LogP contribution in [0.25, 0.3) is 11.4 Å². The molecular formula is C35H30N4O6S. The van der Waals surface area contributed by atoms with Crippen molar-refractivity contribution in [1.82, 2.24) is 14.4 Å². The van der Waals surface area contributed by atoms with Gasteiger partial charge in [-0.1, -0.05) is 72.5 Å². The number of esters is 1. The third-order valence-electron chi connectivity index (χ3n) is 7.71. The van der Waals surface area contributed by atoms with Crippen molar-refractivity contribution in [3.8, 4) is 5.75 Å². The molecule has 0 aliphatic carbocycles. The number of carbonyl (C=O) groups excluding carboxylic acids is 3. The summed E-state index contributed by atoms with van der Waals surface area (Å²) < 4.78 is 13.0. The second kappa shape index (κ2) is 12.4. The van der Waals surface area contributed by atoms with Gasteiger partial charge in [0.1, 0.15) is 35.2 Å². The van der Waals surface area contributed by atoms with Crippen molar-refractivity contribution in [2.75, 3.05) is 11.5 Å². The maximum absolute atomic E-state index is 13.8. The molecule has 5 aromatic rings. The number of fused-ring (bicyclic) bond motifs is 1. The zero-order valence-corrected chi connectivity index (χ0v) is 26.2. The Hall–Kier alpha value is -5.55. The first-order valence-corrected chi connectivity index (χ1v) is 15.3. The highest BCUT2D eigenvalue weighted by Crippen LogP contribution is 2.44. The Morgan fingerprint density at radius 2 is 1.76 bits per heavy atom.